The van der Waals surface area contributed by atoms with Crippen LogP contribution in [0.4, 0.5) is 5.69 Å². The summed E-state index contributed by atoms with van der Waals surface area (Å²) in [5.41, 5.74) is 2.62. The molecular weight excluding hydrogens is 292 g/mol. The summed E-state index contributed by atoms with van der Waals surface area (Å²) >= 11 is 3.63. The van der Waals surface area contributed by atoms with E-state index in [2.05, 4.69) is 45.3 Å². The molecule has 0 aliphatic carbocycles. The smallest absolute Gasteiger partial charge is 0.136 e. The molecule has 0 saturated carbocycles. The van der Waals surface area contributed by atoms with E-state index in [1.807, 2.05) is 0 Å². The van der Waals surface area contributed by atoms with Crippen LogP contribution in [0.15, 0.2) is 16.6 Å². The molecule has 0 aromatic heterocycles. The number of nitrogens with zero attached hydrogens (tertiary/aromatic N) is 1. The van der Waals surface area contributed by atoms with Crippen LogP contribution in [0.3, 0.4) is 0 Å². The first-order valence-corrected chi connectivity index (χ1v) is 7.43. The second-order valence-corrected chi connectivity index (χ2v) is 6.12. The summed E-state index contributed by atoms with van der Waals surface area (Å²) in [5.74, 6) is 0.975. The predicted octanol–water partition coefficient (Wildman–Crippen LogP) is 2.89. The maximum atomic E-state index is 6.15. The minimum Gasteiger partial charge on any atom is -0.488 e. The first kappa shape index (κ1) is 12.3. The minimum atomic E-state index is 0.319. The zero-order chi connectivity index (χ0) is 12.5. The van der Waals surface area contributed by atoms with E-state index >= 15 is 0 Å². The molecule has 1 atom stereocenters. The van der Waals surface area contributed by atoms with Crippen LogP contribution in [-0.2, 0) is 6.42 Å². The molecule has 1 unspecified atom stereocenters. The summed E-state index contributed by atoms with van der Waals surface area (Å²) in [5, 5.41) is 3.40. The fourth-order valence-electron chi connectivity index (χ4n) is 2.78. The van der Waals surface area contributed by atoms with Crippen molar-refractivity contribution in [3.8, 4) is 5.75 Å². The Morgan fingerprint density at radius 1 is 1.44 bits per heavy atom. The Balaban J connectivity index is 1.76. The lowest BCUT2D eigenvalue weighted by molar-refractivity contribution is 0.104. The molecule has 98 valence electrons. The average Bonchev–Trinajstić information content (AvgIpc) is 2.76. The van der Waals surface area contributed by atoms with Gasteiger partial charge in [0.2, 0.25) is 0 Å². The third kappa shape index (κ3) is 2.50. The van der Waals surface area contributed by atoms with E-state index in [0.29, 0.717) is 6.10 Å². The van der Waals surface area contributed by atoms with Crippen LogP contribution in [0.2, 0.25) is 0 Å². The zero-order valence-electron chi connectivity index (χ0n) is 10.7. The first-order valence-electron chi connectivity index (χ1n) is 6.64. The highest BCUT2D eigenvalue weighted by Gasteiger charge is 2.21. The SMILES string of the molecule is CN1CCCC(Oc2cc3c(cc2Br)CCN3)C1. The van der Waals surface area contributed by atoms with Gasteiger partial charge in [0.25, 0.3) is 0 Å². The van der Waals surface area contributed by atoms with Crippen LogP contribution in [0.1, 0.15) is 18.4 Å². The lowest BCUT2D eigenvalue weighted by Crippen LogP contribution is -2.38. The number of likely N-dealkylation sites (N-methyl/N-ethyl adjacent to an activating group) is 1. The first-order chi connectivity index (χ1) is 8.72. The van der Waals surface area contributed by atoms with Crippen molar-refractivity contribution in [1.82, 2.24) is 4.90 Å². The molecule has 18 heavy (non-hydrogen) atoms. The largest absolute Gasteiger partial charge is 0.488 e. The molecule has 1 aromatic rings. The van der Waals surface area contributed by atoms with E-state index in [1.165, 1.54) is 24.2 Å². The summed E-state index contributed by atoms with van der Waals surface area (Å²) in [6, 6.07) is 4.33. The molecule has 3 rings (SSSR count). The monoisotopic (exact) mass is 310 g/mol. The normalized spacial score (nSPS) is 23.6. The Bertz CT molecular complexity index is 450. The molecule has 0 bridgehead atoms. The summed E-state index contributed by atoms with van der Waals surface area (Å²) in [4.78, 5) is 2.34. The Morgan fingerprint density at radius 2 is 2.33 bits per heavy atom. The summed E-state index contributed by atoms with van der Waals surface area (Å²) < 4.78 is 7.23. The van der Waals surface area contributed by atoms with E-state index in [-0.39, 0.29) is 0 Å². The third-order valence-corrected chi connectivity index (χ3v) is 4.36. The molecule has 2 aliphatic heterocycles. The molecule has 0 spiro atoms. The van der Waals surface area contributed by atoms with Crippen molar-refractivity contribution < 1.29 is 4.74 Å². The van der Waals surface area contributed by atoms with E-state index in [4.69, 9.17) is 4.74 Å². The standard InChI is InChI=1S/C14H19BrN2O/c1-17-6-2-3-11(9-17)18-14-8-13-10(4-5-16-13)7-12(14)15/h7-8,11,16H,2-6,9H2,1H3. The van der Waals surface area contributed by atoms with Gasteiger partial charge in [-0.1, -0.05) is 0 Å². The number of fused-ring (bicyclic) bond motifs is 1. The maximum Gasteiger partial charge on any atom is 0.136 e. The van der Waals surface area contributed by atoms with Gasteiger partial charge in [-0.15, -0.1) is 0 Å². The van der Waals surface area contributed by atoms with Crippen LogP contribution >= 0.6 is 15.9 Å². The second-order valence-electron chi connectivity index (χ2n) is 5.26. The Kier molecular flexibility index (Phi) is 3.48. The number of rotatable bonds is 2. The van der Waals surface area contributed by atoms with Crippen molar-refractivity contribution in [3.63, 3.8) is 0 Å². The van der Waals surface area contributed by atoms with Gasteiger partial charge in [-0.3, -0.25) is 0 Å². The highest BCUT2D eigenvalue weighted by atomic mass is 79.9. The summed E-state index contributed by atoms with van der Waals surface area (Å²) in [6.45, 7) is 3.25. The van der Waals surface area contributed by atoms with E-state index in [1.54, 1.807) is 0 Å². The van der Waals surface area contributed by atoms with E-state index < -0.39 is 0 Å². The van der Waals surface area contributed by atoms with Crippen molar-refractivity contribution in [2.24, 2.45) is 0 Å². The quantitative estimate of drug-likeness (QED) is 0.909. The molecule has 1 aromatic carbocycles. The van der Waals surface area contributed by atoms with Gasteiger partial charge in [-0.25, -0.2) is 0 Å². The van der Waals surface area contributed by atoms with Crippen LogP contribution in [0.25, 0.3) is 0 Å². The van der Waals surface area contributed by atoms with Crippen LogP contribution in [-0.4, -0.2) is 37.7 Å². The van der Waals surface area contributed by atoms with Gasteiger partial charge >= 0.3 is 0 Å². The second kappa shape index (κ2) is 5.10. The predicted molar refractivity (Wildman–Crippen MR) is 77.5 cm³/mol. The van der Waals surface area contributed by atoms with Gasteiger partial charge < -0.3 is 15.0 Å². The molecular formula is C14H19BrN2O. The minimum absolute atomic E-state index is 0.319. The summed E-state index contributed by atoms with van der Waals surface area (Å²) in [6.07, 6.45) is 3.81. The maximum absolute atomic E-state index is 6.15. The number of halogens is 1. The zero-order valence-corrected chi connectivity index (χ0v) is 12.3. The molecule has 1 saturated heterocycles. The fraction of sp³-hybridized carbons (Fsp3) is 0.571. The van der Waals surface area contributed by atoms with Crippen LogP contribution < -0.4 is 10.1 Å². The lowest BCUT2D eigenvalue weighted by Gasteiger charge is -2.30. The fourth-order valence-corrected chi connectivity index (χ4v) is 3.27. The number of ether oxygens (including phenoxy) is 1. The van der Waals surface area contributed by atoms with Crippen molar-refractivity contribution in [2.45, 2.75) is 25.4 Å². The third-order valence-electron chi connectivity index (χ3n) is 3.74. The highest BCUT2D eigenvalue weighted by Crippen LogP contribution is 2.35. The van der Waals surface area contributed by atoms with Gasteiger partial charge in [-0.05, 0) is 60.4 Å². The Morgan fingerprint density at radius 3 is 3.17 bits per heavy atom. The Labute approximate surface area is 117 Å². The molecule has 2 heterocycles. The molecule has 2 aliphatic rings. The topological polar surface area (TPSA) is 24.5 Å². The number of hydrogen-bond donors (Lipinski definition) is 1. The van der Waals surface area contributed by atoms with Crippen molar-refractivity contribution in [3.05, 3.63) is 22.2 Å². The summed E-state index contributed by atoms with van der Waals surface area (Å²) in [7, 11) is 2.16. The number of hydrogen-bond acceptors (Lipinski definition) is 3. The van der Waals surface area contributed by atoms with Crippen molar-refractivity contribution in [2.75, 3.05) is 32.0 Å². The van der Waals surface area contributed by atoms with Crippen molar-refractivity contribution >= 4 is 21.6 Å². The molecule has 0 amide bonds. The Hall–Kier alpha value is -0.740. The number of benzene rings is 1. The lowest BCUT2D eigenvalue weighted by atomic mass is 10.1. The number of nitrogens with one attached hydrogen (secondary N) is 1. The van der Waals surface area contributed by atoms with E-state index in [0.717, 1.165) is 36.2 Å². The molecule has 3 nitrogen and oxygen atoms in total. The molecule has 1 fully saturated rings. The van der Waals surface area contributed by atoms with Gasteiger partial charge in [-0.2, -0.15) is 0 Å². The molecule has 1 N–H and O–H groups in total. The van der Waals surface area contributed by atoms with Crippen molar-refractivity contribution in [1.29, 1.82) is 0 Å². The van der Waals surface area contributed by atoms with Gasteiger partial charge in [0.1, 0.15) is 11.9 Å². The molecule has 4 heteroatoms. The van der Waals surface area contributed by atoms with Gasteiger partial charge in [0, 0.05) is 24.8 Å². The number of piperidine rings is 1. The number of likely N-dealkylation sites (tertiary alicyclic amines) is 1. The highest BCUT2D eigenvalue weighted by molar-refractivity contribution is 9.10. The van der Waals surface area contributed by atoms with Crippen LogP contribution in [0, 0.1) is 0 Å². The molecule has 0 radical (unpaired) electrons. The van der Waals surface area contributed by atoms with Crippen LogP contribution in [0.5, 0.6) is 5.75 Å². The number of anilines is 1. The van der Waals surface area contributed by atoms with Gasteiger partial charge in [0.15, 0.2) is 0 Å². The van der Waals surface area contributed by atoms with E-state index in [9.17, 15) is 0 Å². The van der Waals surface area contributed by atoms with Gasteiger partial charge in [0.05, 0.1) is 4.47 Å². The average molecular weight is 311 g/mol.